The molecule has 2 N–H and O–H groups in total. The second-order valence-electron chi connectivity index (χ2n) is 13.0. The minimum atomic E-state index is -3.43. The van der Waals surface area contributed by atoms with Crippen LogP contribution in [0.25, 0.3) is 0 Å². The van der Waals surface area contributed by atoms with Crippen LogP contribution in [-0.2, 0) is 26.5 Å². The second-order valence-corrected chi connectivity index (χ2v) is 16.8. The lowest BCUT2D eigenvalue weighted by Crippen LogP contribution is -2.45. The van der Waals surface area contributed by atoms with Crippen LogP contribution in [0, 0.1) is 5.92 Å². The molecule has 3 amide bonds. The van der Waals surface area contributed by atoms with E-state index in [1.807, 2.05) is 55.5 Å². The van der Waals surface area contributed by atoms with Crippen LogP contribution in [0.2, 0.25) is 18.6 Å². The average Bonchev–Trinajstić information content (AvgIpc) is 3.68. The van der Waals surface area contributed by atoms with Crippen LogP contribution < -0.4 is 10.2 Å². The molecule has 5 atom stereocenters. The first kappa shape index (κ1) is 31.1. The molecule has 10 heteroatoms. The largest absolute Gasteiger partial charge is 0.394 e. The second kappa shape index (κ2) is 12.1. The van der Waals surface area contributed by atoms with Gasteiger partial charge in [-0.2, -0.15) is 0 Å². The van der Waals surface area contributed by atoms with Gasteiger partial charge >= 0.3 is 0 Å². The number of fused-ring (bicyclic) bond motifs is 2. The van der Waals surface area contributed by atoms with Crippen LogP contribution in [0.5, 0.6) is 0 Å². The van der Waals surface area contributed by atoms with E-state index >= 15 is 4.11 Å². The van der Waals surface area contributed by atoms with E-state index in [-0.39, 0.29) is 43.3 Å². The van der Waals surface area contributed by atoms with Crippen molar-refractivity contribution in [1.82, 2.24) is 4.90 Å². The van der Waals surface area contributed by atoms with Gasteiger partial charge in [0.1, 0.15) is 0 Å². The molecule has 0 aliphatic carbocycles. The summed E-state index contributed by atoms with van der Waals surface area (Å²) in [5.74, 6) is -1.19. The predicted octanol–water partition coefficient (Wildman–Crippen LogP) is 5.63. The Bertz CT molecular complexity index is 1600. The molecular formula is C35H40FN3O5Si. The van der Waals surface area contributed by atoms with Crippen LogP contribution in [0.1, 0.15) is 47.7 Å². The van der Waals surface area contributed by atoms with Crippen molar-refractivity contribution in [3.63, 3.8) is 0 Å². The first-order valence-electron chi connectivity index (χ1n) is 15.7. The molecule has 3 heterocycles. The maximum atomic E-state index is 16.2. The normalized spacial score (nSPS) is 26.0. The highest BCUT2D eigenvalue weighted by molar-refractivity contribution is 6.72. The summed E-state index contributed by atoms with van der Waals surface area (Å²) in [7, 11) is -3.43. The van der Waals surface area contributed by atoms with Crippen molar-refractivity contribution in [3.05, 3.63) is 95.6 Å². The summed E-state index contributed by atoms with van der Waals surface area (Å²) in [5.41, 5.74) is 1.31. The molecule has 6 rings (SSSR count). The van der Waals surface area contributed by atoms with Crippen LogP contribution in [0.4, 0.5) is 15.5 Å². The molecule has 3 aromatic carbocycles. The molecule has 2 saturated heterocycles. The van der Waals surface area contributed by atoms with Gasteiger partial charge < -0.3 is 29.1 Å². The standard InChI is InChI=1S/C35H40FN3O5Si/c1-23-32(45(2,3)36)30(20-31(41)38-18-10-15-27(38)22-40)44-35(23)28-16-7-8-17-29(28)39(34(35)43)21-24-11-9-14-26(19-24)37-33(42)25-12-5-4-6-13-25/h4-9,11-14,16-17,19,23,27,30,32,40H,10,15,18,20-22H2,1-3H3,(H,37,42)/t23-,27-,30+,32-,35+/m0/s1. The lowest BCUT2D eigenvalue weighted by Gasteiger charge is -2.31. The molecule has 0 radical (unpaired) electrons. The van der Waals surface area contributed by atoms with Gasteiger partial charge in [-0.1, -0.05) is 55.5 Å². The number of anilines is 2. The predicted molar refractivity (Wildman–Crippen MR) is 173 cm³/mol. The first-order valence-corrected chi connectivity index (χ1v) is 18.6. The van der Waals surface area contributed by atoms with E-state index in [1.165, 1.54) is 0 Å². The van der Waals surface area contributed by atoms with Crippen LogP contribution in [0.15, 0.2) is 78.9 Å². The number of para-hydroxylation sites is 1. The van der Waals surface area contributed by atoms with Crippen LogP contribution in [0.3, 0.4) is 0 Å². The third-order valence-electron chi connectivity index (χ3n) is 9.71. The molecule has 0 unspecified atom stereocenters. The van der Waals surface area contributed by atoms with Gasteiger partial charge in [0.25, 0.3) is 11.8 Å². The molecule has 236 valence electrons. The Morgan fingerprint density at radius 1 is 1.07 bits per heavy atom. The van der Waals surface area contributed by atoms with Gasteiger partial charge in [0.05, 0.1) is 37.4 Å². The summed E-state index contributed by atoms with van der Waals surface area (Å²) < 4.78 is 22.9. The summed E-state index contributed by atoms with van der Waals surface area (Å²) in [5, 5.41) is 12.7. The van der Waals surface area contributed by atoms with Gasteiger partial charge in [0.15, 0.2) is 5.60 Å². The van der Waals surface area contributed by atoms with Gasteiger partial charge in [-0.25, -0.2) is 0 Å². The van der Waals surface area contributed by atoms with E-state index < -0.39 is 31.6 Å². The number of carbonyl (C=O) groups excluding carboxylic acids is 3. The van der Waals surface area contributed by atoms with Crippen molar-refractivity contribution in [2.24, 2.45) is 5.92 Å². The summed E-state index contributed by atoms with van der Waals surface area (Å²) in [6.07, 6.45) is 0.742. The third-order valence-corrected chi connectivity index (χ3v) is 12.2. The van der Waals surface area contributed by atoms with E-state index in [1.54, 1.807) is 53.2 Å². The number of nitrogens with zero attached hydrogens (tertiary/aromatic N) is 2. The quantitative estimate of drug-likeness (QED) is 0.249. The number of halogens is 1. The molecular weight excluding hydrogens is 589 g/mol. The number of aliphatic hydroxyl groups excluding tert-OH is 1. The molecule has 0 bridgehead atoms. The average molecular weight is 630 g/mol. The number of rotatable bonds is 8. The number of ether oxygens (including phenoxy) is 1. The van der Waals surface area contributed by atoms with Gasteiger partial charge in [-0.05, 0) is 61.8 Å². The SMILES string of the molecule is C[C@H]1[C@H]([Si](C)(C)F)[C@@H](CC(=O)N2CCC[C@H]2CO)O[C@]12C(=O)N(Cc1cccc(NC(=O)c3ccccc3)c1)c1ccccc12. The number of hydrogen-bond acceptors (Lipinski definition) is 5. The minimum absolute atomic E-state index is 0.0355. The molecule has 45 heavy (non-hydrogen) atoms. The topological polar surface area (TPSA) is 99.2 Å². The van der Waals surface area contributed by atoms with Crippen molar-refractivity contribution < 1.29 is 28.3 Å². The number of hydrogen-bond donors (Lipinski definition) is 2. The molecule has 1 spiro atoms. The fourth-order valence-electron chi connectivity index (χ4n) is 7.72. The van der Waals surface area contributed by atoms with Crippen molar-refractivity contribution in [2.75, 3.05) is 23.4 Å². The van der Waals surface area contributed by atoms with Crippen molar-refractivity contribution in [2.45, 2.75) is 69.1 Å². The van der Waals surface area contributed by atoms with E-state index in [9.17, 15) is 19.5 Å². The Labute approximate surface area is 264 Å². The summed E-state index contributed by atoms with van der Waals surface area (Å²) in [6, 6.07) is 23.5. The molecule has 0 saturated carbocycles. The van der Waals surface area contributed by atoms with Gasteiger partial charge in [-0.15, -0.1) is 0 Å². The van der Waals surface area contributed by atoms with E-state index in [0.29, 0.717) is 29.0 Å². The van der Waals surface area contributed by atoms with Crippen molar-refractivity contribution in [3.8, 4) is 0 Å². The highest BCUT2D eigenvalue weighted by atomic mass is 28.4. The zero-order chi connectivity index (χ0) is 31.9. The molecule has 3 aromatic rings. The Kier molecular flexibility index (Phi) is 8.40. The Hall–Kier alpha value is -3.86. The van der Waals surface area contributed by atoms with Crippen molar-refractivity contribution >= 4 is 37.5 Å². The minimum Gasteiger partial charge on any atom is -0.394 e. The number of amides is 3. The molecule has 2 fully saturated rings. The summed E-state index contributed by atoms with van der Waals surface area (Å²) in [4.78, 5) is 44.2. The number of benzene rings is 3. The number of likely N-dealkylation sites (tertiary alicyclic amines) is 1. The van der Waals surface area contributed by atoms with Crippen LogP contribution >= 0.6 is 0 Å². The fourth-order valence-corrected chi connectivity index (χ4v) is 10.2. The lowest BCUT2D eigenvalue weighted by atomic mass is 9.82. The van der Waals surface area contributed by atoms with Crippen LogP contribution in [-0.4, -0.2) is 61.4 Å². The number of aliphatic hydroxyl groups is 1. The maximum Gasteiger partial charge on any atom is 0.264 e. The zero-order valence-corrected chi connectivity index (χ0v) is 26.9. The fraction of sp³-hybridized carbons (Fsp3) is 0.400. The monoisotopic (exact) mass is 629 g/mol. The molecule has 8 nitrogen and oxygen atoms in total. The van der Waals surface area contributed by atoms with E-state index in [4.69, 9.17) is 4.74 Å². The Balaban J connectivity index is 1.29. The maximum absolute atomic E-state index is 16.2. The highest BCUT2D eigenvalue weighted by Crippen LogP contribution is 2.60. The third kappa shape index (κ3) is 5.60. The van der Waals surface area contributed by atoms with E-state index in [2.05, 4.69) is 5.32 Å². The smallest absolute Gasteiger partial charge is 0.264 e. The number of carbonyl (C=O) groups is 3. The first-order chi connectivity index (χ1) is 21.5. The Morgan fingerprint density at radius 2 is 1.80 bits per heavy atom. The number of nitrogens with one attached hydrogen (secondary N) is 1. The highest BCUT2D eigenvalue weighted by Gasteiger charge is 2.67. The lowest BCUT2D eigenvalue weighted by molar-refractivity contribution is -0.150. The Morgan fingerprint density at radius 3 is 2.53 bits per heavy atom. The zero-order valence-electron chi connectivity index (χ0n) is 25.9. The molecule has 3 aliphatic heterocycles. The van der Waals surface area contributed by atoms with Gasteiger partial charge in [0, 0.05) is 34.8 Å². The summed E-state index contributed by atoms with van der Waals surface area (Å²) >= 11 is 0. The van der Waals surface area contributed by atoms with Gasteiger partial charge in [-0.3, -0.25) is 14.4 Å². The van der Waals surface area contributed by atoms with E-state index in [0.717, 1.165) is 18.4 Å². The molecule has 3 aliphatic rings. The van der Waals surface area contributed by atoms with Gasteiger partial charge in [0.2, 0.25) is 14.3 Å². The van der Waals surface area contributed by atoms with Crippen molar-refractivity contribution in [1.29, 1.82) is 0 Å². The molecule has 0 aromatic heterocycles. The summed E-state index contributed by atoms with van der Waals surface area (Å²) in [6.45, 7) is 5.80.